The quantitative estimate of drug-likeness (QED) is 0.125. The van der Waals surface area contributed by atoms with E-state index in [1.807, 2.05) is 0 Å². The van der Waals surface area contributed by atoms with Crippen LogP contribution in [0, 0.1) is 6.92 Å². The van der Waals surface area contributed by atoms with Crippen molar-refractivity contribution in [2.75, 3.05) is 7.11 Å². The fourth-order valence-electron chi connectivity index (χ4n) is 10.6. The first-order valence-electron chi connectivity index (χ1n) is 21.7. The molecule has 3 nitrogen and oxygen atoms in total. The van der Waals surface area contributed by atoms with Crippen molar-refractivity contribution >= 4 is 86.7 Å². The van der Waals surface area contributed by atoms with E-state index >= 15 is 0 Å². The summed E-state index contributed by atoms with van der Waals surface area (Å²) in [4.78, 5) is 0. The Morgan fingerprint density at radius 3 is 1.22 bits per heavy atom. The molecule has 0 amide bonds. The molecule has 2 aromatic heterocycles. The highest BCUT2D eigenvalue weighted by molar-refractivity contribution is 6.33. The van der Waals surface area contributed by atoms with Crippen molar-refractivity contribution in [2.24, 2.45) is 0 Å². The van der Waals surface area contributed by atoms with Gasteiger partial charge in [0.25, 0.3) is 0 Å². The number of aromatic nitrogens is 2. The molecule has 0 spiro atoms. The minimum atomic E-state index is 0.844. The third-order valence-corrected chi connectivity index (χ3v) is 13.4. The molecule has 13 aromatic rings. The third-order valence-electron chi connectivity index (χ3n) is 13.4. The summed E-state index contributed by atoms with van der Waals surface area (Å²) in [6, 6.07) is 76.1. The van der Waals surface area contributed by atoms with Crippen LogP contribution in [0.25, 0.3) is 120 Å². The molecule has 0 bridgehead atoms. The minimum absolute atomic E-state index is 0.844. The Bertz CT molecular complexity index is 3970. The van der Waals surface area contributed by atoms with E-state index in [4.69, 9.17) is 4.74 Å². The van der Waals surface area contributed by atoms with Gasteiger partial charge in [0, 0.05) is 43.7 Å². The predicted octanol–water partition coefficient (Wildman–Crippen LogP) is 16.1. The molecule has 0 aliphatic carbocycles. The molecule has 13 rings (SSSR count). The summed E-state index contributed by atoms with van der Waals surface area (Å²) in [5, 5.41) is 15.0. The Morgan fingerprint density at radius 2 is 0.762 bits per heavy atom. The molecule has 0 unspecified atom stereocenters. The number of hydrogen-bond acceptors (Lipinski definition) is 1. The van der Waals surface area contributed by atoms with Gasteiger partial charge < -0.3 is 13.9 Å². The summed E-state index contributed by atoms with van der Waals surface area (Å²) < 4.78 is 10.5. The van der Waals surface area contributed by atoms with Crippen molar-refractivity contribution in [3.05, 3.63) is 212 Å². The van der Waals surface area contributed by atoms with Gasteiger partial charge in [-0.2, -0.15) is 0 Å². The van der Waals surface area contributed by atoms with Crippen LogP contribution < -0.4 is 4.74 Å². The van der Waals surface area contributed by atoms with Gasteiger partial charge in [0.05, 0.1) is 29.2 Å². The van der Waals surface area contributed by atoms with Crippen LogP contribution in [0.15, 0.2) is 206 Å². The lowest BCUT2D eigenvalue weighted by Crippen LogP contribution is -1.94. The maximum Gasteiger partial charge on any atom is 0.118 e. The summed E-state index contributed by atoms with van der Waals surface area (Å²) in [5.41, 5.74) is 13.2. The average molecular weight is 805 g/mol. The smallest absolute Gasteiger partial charge is 0.118 e. The highest BCUT2D eigenvalue weighted by Gasteiger charge is 2.22. The van der Waals surface area contributed by atoms with Gasteiger partial charge in [-0.3, -0.25) is 0 Å². The number of fused-ring (bicyclic) bond motifs is 14. The van der Waals surface area contributed by atoms with Crippen molar-refractivity contribution in [3.63, 3.8) is 0 Å². The van der Waals surface area contributed by atoms with Crippen molar-refractivity contribution in [3.8, 4) is 39.4 Å². The van der Waals surface area contributed by atoms with Crippen LogP contribution in [0.2, 0.25) is 0 Å². The number of hydrogen-bond donors (Lipinski definition) is 0. The molecular weight excluding hydrogens is 765 g/mol. The first-order valence-corrected chi connectivity index (χ1v) is 21.7. The second-order valence-corrected chi connectivity index (χ2v) is 16.9. The van der Waals surface area contributed by atoms with Crippen LogP contribution in [-0.4, -0.2) is 16.2 Å². The second-order valence-electron chi connectivity index (χ2n) is 16.9. The Balaban J connectivity index is 1.19. The lowest BCUT2D eigenvalue weighted by atomic mass is 9.86. The summed E-state index contributed by atoms with van der Waals surface area (Å²) in [5.74, 6) is 0.844. The molecule has 11 aromatic carbocycles. The molecule has 0 atom stereocenters. The molecule has 0 saturated heterocycles. The van der Waals surface area contributed by atoms with Crippen molar-refractivity contribution in [1.29, 1.82) is 0 Å². The van der Waals surface area contributed by atoms with Gasteiger partial charge in [-0.1, -0.05) is 127 Å². The van der Waals surface area contributed by atoms with Crippen LogP contribution in [0.1, 0.15) is 5.56 Å². The van der Waals surface area contributed by atoms with E-state index in [0.29, 0.717) is 0 Å². The number of aryl methyl sites for hydroxylation is 1. The lowest BCUT2D eigenvalue weighted by Gasteiger charge is -2.17. The number of nitrogens with zero attached hydrogens (tertiary/aromatic N) is 2. The molecule has 0 saturated carbocycles. The Morgan fingerprint density at radius 1 is 0.333 bits per heavy atom. The average Bonchev–Trinajstić information content (AvgIpc) is 3.87. The van der Waals surface area contributed by atoms with E-state index < -0.39 is 0 Å². The molecular formula is C60H40N2O. The first kappa shape index (κ1) is 35.6. The molecule has 63 heavy (non-hydrogen) atoms. The Hall–Kier alpha value is -8.14. The largest absolute Gasteiger partial charge is 0.497 e. The van der Waals surface area contributed by atoms with Crippen LogP contribution >= 0.6 is 0 Å². The van der Waals surface area contributed by atoms with Gasteiger partial charge >= 0.3 is 0 Å². The normalized spacial score (nSPS) is 12.0. The van der Waals surface area contributed by atoms with Gasteiger partial charge in [-0.25, -0.2) is 0 Å². The number of rotatable bonds is 5. The molecule has 2 heterocycles. The van der Waals surface area contributed by atoms with Crippen LogP contribution in [0.3, 0.4) is 0 Å². The standard InChI is InChI=1S/C60H40N2O/c1-37-21-23-38(24-22-37)51-35-40-33-50-41(34-49(40)45-29-31-55-59(57(45)51)47-17-9-11-19-53(47)61(55)42-13-5-3-6-14-42)36-52(39-25-27-44(63-2)28-26-39)58-46(50)30-32-56-60(58)48-18-10-12-20-54(48)62(56)43-15-7-4-8-16-43/h3-36H,1-2H3. The summed E-state index contributed by atoms with van der Waals surface area (Å²) >= 11 is 0. The monoisotopic (exact) mass is 804 g/mol. The van der Waals surface area contributed by atoms with Gasteiger partial charge in [-0.05, 0) is 146 Å². The summed E-state index contributed by atoms with van der Waals surface area (Å²) in [6.45, 7) is 2.17. The number of para-hydroxylation sites is 4. The molecule has 0 aliphatic heterocycles. The van der Waals surface area contributed by atoms with Gasteiger partial charge in [-0.15, -0.1) is 0 Å². The molecule has 296 valence electrons. The summed E-state index contributed by atoms with van der Waals surface area (Å²) in [6.07, 6.45) is 0. The number of ether oxygens (including phenoxy) is 1. The van der Waals surface area contributed by atoms with E-state index in [-0.39, 0.29) is 0 Å². The topological polar surface area (TPSA) is 19.1 Å². The SMILES string of the molecule is COc1ccc(-c2cc3cc4c(cc(-c5ccc(C)cc5)c5c4ccc4c5c5ccccc5n4-c4ccccc4)cc3c3ccc4c(c5ccccc5n4-c4ccccc4)c23)cc1. The highest BCUT2D eigenvalue weighted by atomic mass is 16.5. The predicted molar refractivity (Wildman–Crippen MR) is 267 cm³/mol. The fraction of sp³-hybridized carbons (Fsp3) is 0.0333. The third kappa shape index (κ3) is 5.27. The fourth-order valence-corrected chi connectivity index (χ4v) is 10.6. The van der Waals surface area contributed by atoms with Gasteiger partial charge in [0.15, 0.2) is 0 Å². The van der Waals surface area contributed by atoms with E-state index in [1.54, 1.807) is 7.11 Å². The molecule has 0 aliphatic rings. The first-order chi connectivity index (χ1) is 31.1. The Labute approximate surface area is 364 Å². The van der Waals surface area contributed by atoms with E-state index in [1.165, 1.54) is 109 Å². The maximum atomic E-state index is 5.66. The zero-order valence-corrected chi connectivity index (χ0v) is 34.9. The number of benzene rings is 11. The molecule has 0 fully saturated rings. The minimum Gasteiger partial charge on any atom is -0.497 e. The van der Waals surface area contributed by atoms with E-state index in [0.717, 1.165) is 22.7 Å². The summed E-state index contributed by atoms with van der Waals surface area (Å²) in [7, 11) is 1.73. The number of methoxy groups -OCH3 is 1. The molecule has 3 heteroatoms. The van der Waals surface area contributed by atoms with Crippen LogP contribution in [0.5, 0.6) is 5.75 Å². The van der Waals surface area contributed by atoms with Crippen LogP contribution in [-0.2, 0) is 0 Å². The zero-order chi connectivity index (χ0) is 41.8. The van der Waals surface area contributed by atoms with Gasteiger partial charge in [0.2, 0.25) is 0 Å². The van der Waals surface area contributed by atoms with Crippen molar-refractivity contribution < 1.29 is 4.74 Å². The Kier molecular flexibility index (Phi) is 7.73. The van der Waals surface area contributed by atoms with Gasteiger partial charge in [0.1, 0.15) is 5.75 Å². The molecule has 0 radical (unpaired) electrons. The maximum absolute atomic E-state index is 5.66. The van der Waals surface area contributed by atoms with Crippen molar-refractivity contribution in [2.45, 2.75) is 6.92 Å². The molecule has 0 N–H and O–H groups in total. The zero-order valence-electron chi connectivity index (χ0n) is 34.9. The van der Waals surface area contributed by atoms with Crippen molar-refractivity contribution in [1.82, 2.24) is 9.13 Å². The lowest BCUT2D eigenvalue weighted by molar-refractivity contribution is 0.415. The highest BCUT2D eigenvalue weighted by Crippen LogP contribution is 2.48. The van der Waals surface area contributed by atoms with E-state index in [9.17, 15) is 0 Å². The van der Waals surface area contributed by atoms with Crippen LogP contribution in [0.4, 0.5) is 0 Å². The second kappa shape index (κ2) is 13.7. The van der Waals surface area contributed by atoms with E-state index in [2.05, 4.69) is 222 Å².